The monoisotopic (exact) mass is 291 g/mol. The van der Waals surface area contributed by atoms with E-state index in [1.807, 2.05) is 17.6 Å². The molecule has 0 fully saturated rings. The minimum Gasteiger partial charge on any atom is -0.376 e. The van der Waals surface area contributed by atoms with Gasteiger partial charge in [0.2, 0.25) is 0 Å². The van der Waals surface area contributed by atoms with E-state index in [1.165, 1.54) is 5.69 Å². The highest BCUT2D eigenvalue weighted by Crippen LogP contribution is 2.32. The number of hydrogen-bond acceptors (Lipinski definition) is 3. The Morgan fingerprint density at radius 1 is 1.37 bits per heavy atom. The predicted molar refractivity (Wildman–Crippen MR) is 82.1 cm³/mol. The first-order valence-corrected chi connectivity index (χ1v) is 7.45. The number of hydrogen-bond donors (Lipinski definition) is 1. The summed E-state index contributed by atoms with van der Waals surface area (Å²) in [7, 11) is 0. The van der Waals surface area contributed by atoms with Crippen molar-refractivity contribution in [2.24, 2.45) is 0 Å². The van der Waals surface area contributed by atoms with Gasteiger partial charge in [0, 0.05) is 18.4 Å². The van der Waals surface area contributed by atoms with Crippen molar-refractivity contribution in [3.8, 4) is 0 Å². The van der Waals surface area contributed by atoms with Gasteiger partial charge in [-0.2, -0.15) is 0 Å². The molecule has 19 heavy (non-hydrogen) atoms. The summed E-state index contributed by atoms with van der Waals surface area (Å²) in [5, 5.41) is 4.13. The van der Waals surface area contributed by atoms with Crippen molar-refractivity contribution in [1.29, 1.82) is 0 Å². The third-order valence-electron chi connectivity index (χ3n) is 3.16. The number of fused-ring (bicyclic) bond motifs is 1. The number of benzene rings is 1. The largest absolute Gasteiger partial charge is 0.376 e. The lowest BCUT2D eigenvalue weighted by Crippen LogP contribution is -2.06. The third-order valence-corrected chi connectivity index (χ3v) is 4.27. The molecule has 1 aromatic carbocycles. The molecule has 0 aliphatic rings. The van der Waals surface area contributed by atoms with Crippen LogP contribution in [0.1, 0.15) is 12.6 Å². The fourth-order valence-electron chi connectivity index (χ4n) is 2.17. The van der Waals surface area contributed by atoms with E-state index in [0.29, 0.717) is 5.02 Å². The number of anilines is 1. The number of halogens is 1. The number of nitrogens with zero attached hydrogens (tertiary/aromatic N) is 2. The molecule has 0 aliphatic heterocycles. The number of aryl methyl sites for hydroxylation is 1. The summed E-state index contributed by atoms with van der Waals surface area (Å²) in [6.07, 6.45) is 2.09. The molecule has 98 valence electrons. The summed E-state index contributed by atoms with van der Waals surface area (Å²) in [6, 6.07) is 8.11. The molecule has 0 spiro atoms. The van der Waals surface area contributed by atoms with Crippen molar-refractivity contribution in [2.45, 2.75) is 20.0 Å². The first-order valence-electron chi connectivity index (χ1n) is 6.19. The standard InChI is InChI=1S/C14H14ClN3S/c1-2-18-7-3-4-10(18)8-16-13-11(15)5-6-12-14(13)17-9-19-12/h3-7,9,16H,2,8H2,1H3. The van der Waals surface area contributed by atoms with Crippen LogP contribution in [0.3, 0.4) is 0 Å². The van der Waals surface area contributed by atoms with Crippen LogP contribution in [-0.2, 0) is 13.1 Å². The number of nitrogens with one attached hydrogen (secondary N) is 1. The van der Waals surface area contributed by atoms with E-state index in [0.717, 1.165) is 29.0 Å². The molecule has 1 N–H and O–H groups in total. The van der Waals surface area contributed by atoms with Crippen molar-refractivity contribution in [1.82, 2.24) is 9.55 Å². The number of rotatable bonds is 4. The normalized spacial score (nSPS) is 11.1. The first-order chi connectivity index (χ1) is 9.29. The van der Waals surface area contributed by atoms with Gasteiger partial charge in [0.05, 0.1) is 27.5 Å². The molecule has 0 radical (unpaired) electrons. The average Bonchev–Trinajstić information content (AvgIpc) is 3.05. The molecule has 0 unspecified atom stereocenters. The van der Waals surface area contributed by atoms with E-state index in [2.05, 4.69) is 40.1 Å². The van der Waals surface area contributed by atoms with E-state index in [9.17, 15) is 0 Å². The summed E-state index contributed by atoms with van der Waals surface area (Å²) in [6.45, 7) is 3.85. The van der Waals surface area contributed by atoms with Gasteiger partial charge in [0.1, 0.15) is 5.52 Å². The molecule has 0 saturated heterocycles. The Bertz CT molecular complexity index is 702. The second kappa shape index (κ2) is 5.23. The summed E-state index contributed by atoms with van der Waals surface area (Å²) >= 11 is 7.90. The number of thiazole rings is 1. The number of aromatic nitrogens is 2. The van der Waals surface area contributed by atoms with Gasteiger partial charge in [0.15, 0.2) is 0 Å². The third kappa shape index (κ3) is 2.33. The Morgan fingerprint density at radius 2 is 2.26 bits per heavy atom. The molecule has 0 atom stereocenters. The van der Waals surface area contributed by atoms with Crippen LogP contribution in [0, 0.1) is 0 Å². The van der Waals surface area contributed by atoms with Crippen LogP contribution in [0.4, 0.5) is 5.69 Å². The fraction of sp³-hybridized carbons (Fsp3) is 0.214. The minimum absolute atomic E-state index is 0.716. The Hall–Kier alpha value is -1.52. The fourth-order valence-corrected chi connectivity index (χ4v) is 3.08. The zero-order chi connectivity index (χ0) is 13.2. The van der Waals surface area contributed by atoms with Crippen LogP contribution in [0.2, 0.25) is 5.02 Å². The van der Waals surface area contributed by atoms with E-state index < -0.39 is 0 Å². The highest BCUT2D eigenvalue weighted by molar-refractivity contribution is 7.16. The van der Waals surface area contributed by atoms with Crippen molar-refractivity contribution >= 4 is 38.8 Å². The van der Waals surface area contributed by atoms with E-state index in [-0.39, 0.29) is 0 Å². The molecule has 5 heteroatoms. The van der Waals surface area contributed by atoms with Gasteiger partial charge >= 0.3 is 0 Å². The van der Waals surface area contributed by atoms with Crippen LogP contribution >= 0.6 is 22.9 Å². The van der Waals surface area contributed by atoms with E-state index in [1.54, 1.807) is 11.3 Å². The molecule has 2 heterocycles. The summed E-state index contributed by atoms with van der Waals surface area (Å²) < 4.78 is 3.36. The van der Waals surface area contributed by atoms with Gasteiger partial charge in [-0.3, -0.25) is 0 Å². The van der Waals surface area contributed by atoms with E-state index in [4.69, 9.17) is 11.6 Å². The summed E-state index contributed by atoms with van der Waals surface area (Å²) in [5.74, 6) is 0. The molecule has 3 aromatic rings. The Morgan fingerprint density at radius 3 is 3.11 bits per heavy atom. The smallest absolute Gasteiger partial charge is 0.106 e. The van der Waals surface area contributed by atoms with Crippen LogP contribution in [0.25, 0.3) is 10.2 Å². The molecule has 0 saturated carbocycles. The SMILES string of the molecule is CCn1cccc1CNc1c(Cl)ccc2scnc12. The second-order valence-corrected chi connectivity index (χ2v) is 5.55. The molecule has 0 amide bonds. The molecule has 0 bridgehead atoms. The Labute approximate surface area is 120 Å². The van der Waals surface area contributed by atoms with Gasteiger partial charge in [-0.15, -0.1) is 11.3 Å². The minimum atomic E-state index is 0.716. The van der Waals surface area contributed by atoms with Crippen molar-refractivity contribution in [2.75, 3.05) is 5.32 Å². The van der Waals surface area contributed by atoms with Crippen LogP contribution in [-0.4, -0.2) is 9.55 Å². The Kier molecular flexibility index (Phi) is 3.44. The average molecular weight is 292 g/mol. The predicted octanol–water partition coefficient (Wildman–Crippen LogP) is 4.38. The van der Waals surface area contributed by atoms with Crippen LogP contribution < -0.4 is 5.32 Å². The lowest BCUT2D eigenvalue weighted by molar-refractivity contribution is 0.724. The van der Waals surface area contributed by atoms with Crippen molar-refractivity contribution < 1.29 is 0 Å². The van der Waals surface area contributed by atoms with Gasteiger partial charge < -0.3 is 9.88 Å². The quantitative estimate of drug-likeness (QED) is 0.773. The summed E-state index contributed by atoms with van der Waals surface area (Å²) in [4.78, 5) is 4.39. The van der Waals surface area contributed by atoms with Gasteiger partial charge in [0.25, 0.3) is 0 Å². The topological polar surface area (TPSA) is 29.9 Å². The Balaban J connectivity index is 1.89. The van der Waals surface area contributed by atoms with Crippen LogP contribution in [0.5, 0.6) is 0 Å². The van der Waals surface area contributed by atoms with Crippen molar-refractivity contribution in [3.05, 3.63) is 46.7 Å². The lowest BCUT2D eigenvalue weighted by Gasteiger charge is -2.11. The first kappa shape index (κ1) is 12.5. The van der Waals surface area contributed by atoms with Crippen LogP contribution in [0.15, 0.2) is 36.0 Å². The second-order valence-electron chi connectivity index (χ2n) is 4.26. The molecule has 0 aliphatic carbocycles. The van der Waals surface area contributed by atoms with E-state index >= 15 is 0 Å². The zero-order valence-corrected chi connectivity index (χ0v) is 12.1. The summed E-state index contributed by atoms with van der Waals surface area (Å²) in [5.41, 5.74) is 4.96. The molecule has 2 aromatic heterocycles. The van der Waals surface area contributed by atoms with Gasteiger partial charge in [-0.1, -0.05) is 11.6 Å². The maximum Gasteiger partial charge on any atom is 0.106 e. The maximum atomic E-state index is 6.27. The highest BCUT2D eigenvalue weighted by atomic mass is 35.5. The lowest BCUT2D eigenvalue weighted by atomic mass is 10.2. The van der Waals surface area contributed by atoms with Crippen molar-refractivity contribution in [3.63, 3.8) is 0 Å². The zero-order valence-electron chi connectivity index (χ0n) is 10.6. The molecule has 3 rings (SSSR count). The highest BCUT2D eigenvalue weighted by Gasteiger charge is 2.09. The molecular formula is C14H14ClN3S. The maximum absolute atomic E-state index is 6.27. The molecular weight excluding hydrogens is 278 g/mol. The van der Waals surface area contributed by atoms with Gasteiger partial charge in [-0.25, -0.2) is 4.98 Å². The van der Waals surface area contributed by atoms with Gasteiger partial charge in [-0.05, 0) is 31.2 Å². The molecule has 3 nitrogen and oxygen atoms in total.